The molecule has 1 aromatic heterocycles. The Labute approximate surface area is 148 Å². The van der Waals surface area contributed by atoms with Crippen LogP contribution in [0.5, 0.6) is 5.75 Å². The van der Waals surface area contributed by atoms with E-state index in [0.29, 0.717) is 24.2 Å². The molecule has 3 rings (SSSR count). The second-order valence-electron chi connectivity index (χ2n) is 6.85. The highest BCUT2D eigenvalue weighted by Crippen LogP contribution is 2.31. The molecule has 1 fully saturated rings. The molecule has 6 nitrogen and oxygen atoms in total. The molecule has 1 aliphatic heterocycles. The van der Waals surface area contributed by atoms with Gasteiger partial charge in [-0.3, -0.25) is 4.79 Å². The van der Waals surface area contributed by atoms with E-state index in [1.54, 1.807) is 18.7 Å². The van der Waals surface area contributed by atoms with E-state index >= 15 is 0 Å². The van der Waals surface area contributed by atoms with Crippen molar-refractivity contribution >= 4 is 5.91 Å². The van der Waals surface area contributed by atoms with Crippen molar-refractivity contribution in [3.8, 4) is 5.75 Å². The summed E-state index contributed by atoms with van der Waals surface area (Å²) in [4.78, 5) is 19.0. The van der Waals surface area contributed by atoms with Crippen LogP contribution in [0.25, 0.3) is 0 Å². The SMILES string of the molecule is Cc1nc([C@H]2CCCN2C(=O)[C@H](C)Oc2cccc(C(C)C)c2)no1. The largest absolute Gasteiger partial charge is 0.481 e. The van der Waals surface area contributed by atoms with E-state index in [0.717, 1.165) is 18.6 Å². The Balaban J connectivity index is 1.70. The van der Waals surface area contributed by atoms with E-state index in [2.05, 4.69) is 30.1 Å². The molecule has 0 bridgehead atoms. The highest BCUT2D eigenvalue weighted by Gasteiger charge is 2.35. The van der Waals surface area contributed by atoms with Crippen molar-refractivity contribution in [1.29, 1.82) is 0 Å². The number of carbonyl (C=O) groups excluding carboxylic acids is 1. The van der Waals surface area contributed by atoms with E-state index in [-0.39, 0.29) is 11.9 Å². The fourth-order valence-corrected chi connectivity index (χ4v) is 3.18. The van der Waals surface area contributed by atoms with Gasteiger partial charge in [-0.05, 0) is 43.4 Å². The van der Waals surface area contributed by atoms with Crippen molar-refractivity contribution in [3.63, 3.8) is 0 Å². The Kier molecular flexibility index (Phi) is 5.06. The maximum Gasteiger partial charge on any atom is 0.263 e. The second-order valence-corrected chi connectivity index (χ2v) is 6.85. The zero-order valence-electron chi connectivity index (χ0n) is 15.2. The summed E-state index contributed by atoms with van der Waals surface area (Å²) in [6.07, 6.45) is 1.22. The van der Waals surface area contributed by atoms with Crippen LogP contribution in [-0.4, -0.2) is 33.6 Å². The van der Waals surface area contributed by atoms with E-state index in [1.807, 2.05) is 18.2 Å². The lowest BCUT2D eigenvalue weighted by Crippen LogP contribution is -2.40. The Morgan fingerprint density at radius 1 is 1.36 bits per heavy atom. The number of ether oxygens (including phenoxy) is 1. The third-order valence-corrected chi connectivity index (χ3v) is 4.56. The standard InChI is InChI=1S/C19H25N3O3/c1-12(2)15-7-5-8-16(11-15)24-13(3)19(23)22-10-6-9-17(22)18-20-14(4)25-21-18/h5,7-8,11-13,17H,6,9-10H2,1-4H3/t13-,17+/m0/s1. The number of rotatable bonds is 5. The van der Waals surface area contributed by atoms with Crippen LogP contribution in [0.1, 0.15) is 62.9 Å². The Hall–Kier alpha value is -2.37. The molecule has 0 saturated carbocycles. The second kappa shape index (κ2) is 7.25. The highest BCUT2D eigenvalue weighted by molar-refractivity contribution is 5.81. The number of benzene rings is 1. The van der Waals surface area contributed by atoms with Crippen molar-refractivity contribution in [3.05, 3.63) is 41.5 Å². The lowest BCUT2D eigenvalue weighted by Gasteiger charge is -2.26. The molecule has 1 aliphatic rings. The molecular weight excluding hydrogens is 318 g/mol. The minimum absolute atomic E-state index is 0.0418. The summed E-state index contributed by atoms with van der Waals surface area (Å²) in [7, 11) is 0. The molecule has 2 aromatic rings. The van der Waals surface area contributed by atoms with Gasteiger partial charge in [0.05, 0.1) is 6.04 Å². The number of hydrogen-bond donors (Lipinski definition) is 0. The number of aromatic nitrogens is 2. The molecular formula is C19H25N3O3. The topological polar surface area (TPSA) is 68.5 Å². The third-order valence-electron chi connectivity index (χ3n) is 4.56. The molecule has 0 unspecified atom stereocenters. The first-order valence-electron chi connectivity index (χ1n) is 8.83. The van der Waals surface area contributed by atoms with Gasteiger partial charge in [-0.25, -0.2) is 0 Å². The van der Waals surface area contributed by atoms with Gasteiger partial charge in [0.25, 0.3) is 5.91 Å². The first kappa shape index (κ1) is 17.5. The molecule has 6 heteroatoms. The maximum absolute atomic E-state index is 12.9. The minimum atomic E-state index is -0.559. The average molecular weight is 343 g/mol. The van der Waals surface area contributed by atoms with Gasteiger partial charge in [-0.1, -0.05) is 31.1 Å². The van der Waals surface area contributed by atoms with Crippen molar-refractivity contribution < 1.29 is 14.1 Å². The van der Waals surface area contributed by atoms with Crippen LogP contribution in [-0.2, 0) is 4.79 Å². The predicted molar refractivity (Wildman–Crippen MR) is 93.3 cm³/mol. The van der Waals surface area contributed by atoms with Crippen LogP contribution in [0.4, 0.5) is 0 Å². The highest BCUT2D eigenvalue weighted by atomic mass is 16.5. The van der Waals surface area contributed by atoms with Gasteiger partial charge in [-0.15, -0.1) is 0 Å². The van der Waals surface area contributed by atoms with Gasteiger partial charge >= 0.3 is 0 Å². The summed E-state index contributed by atoms with van der Waals surface area (Å²) in [6, 6.07) is 7.79. The molecule has 25 heavy (non-hydrogen) atoms. The fourth-order valence-electron chi connectivity index (χ4n) is 3.18. The van der Waals surface area contributed by atoms with Gasteiger partial charge in [0, 0.05) is 13.5 Å². The summed E-state index contributed by atoms with van der Waals surface area (Å²) >= 11 is 0. The summed E-state index contributed by atoms with van der Waals surface area (Å²) in [6.45, 7) is 8.51. The van der Waals surface area contributed by atoms with Crippen molar-refractivity contribution in [1.82, 2.24) is 15.0 Å². The monoisotopic (exact) mass is 343 g/mol. The van der Waals surface area contributed by atoms with E-state index in [4.69, 9.17) is 9.26 Å². The number of amides is 1. The molecule has 1 amide bonds. The first-order valence-corrected chi connectivity index (χ1v) is 8.83. The van der Waals surface area contributed by atoms with Crippen molar-refractivity contribution in [2.24, 2.45) is 0 Å². The summed E-state index contributed by atoms with van der Waals surface area (Å²) < 4.78 is 11.0. The Morgan fingerprint density at radius 3 is 2.84 bits per heavy atom. The number of hydrogen-bond acceptors (Lipinski definition) is 5. The van der Waals surface area contributed by atoms with Crippen LogP contribution in [0.15, 0.2) is 28.8 Å². The van der Waals surface area contributed by atoms with Gasteiger partial charge < -0.3 is 14.2 Å². The predicted octanol–water partition coefficient (Wildman–Crippen LogP) is 3.63. The molecule has 0 aliphatic carbocycles. The third kappa shape index (κ3) is 3.83. The molecule has 0 N–H and O–H groups in total. The molecule has 2 heterocycles. The molecule has 0 spiro atoms. The van der Waals surface area contributed by atoms with E-state index < -0.39 is 6.10 Å². The molecule has 0 radical (unpaired) electrons. The van der Waals surface area contributed by atoms with Gasteiger partial charge in [0.2, 0.25) is 5.89 Å². The van der Waals surface area contributed by atoms with Crippen LogP contribution in [0, 0.1) is 6.92 Å². The zero-order chi connectivity index (χ0) is 18.0. The van der Waals surface area contributed by atoms with Crippen LogP contribution >= 0.6 is 0 Å². The van der Waals surface area contributed by atoms with E-state index in [9.17, 15) is 4.79 Å². The maximum atomic E-state index is 12.9. The lowest BCUT2D eigenvalue weighted by atomic mass is 10.0. The Bertz CT molecular complexity index is 741. The summed E-state index contributed by atoms with van der Waals surface area (Å²) in [5.41, 5.74) is 1.19. The minimum Gasteiger partial charge on any atom is -0.481 e. The first-order chi connectivity index (χ1) is 12.0. The number of carbonyl (C=O) groups is 1. The zero-order valence-corrected chi connectivity index (χ0v) is 15.2. The average Bonchev–Trinajstić information content (AvgIpc) is 3.22. The summed E-state index contributed by atoms with van der Waals surface area (Å²) in [5.74, 6) is 2.19. The fraction of sp³-hybridized carbons (Fsp3) is 0.526. The lowest BCUT2D eigenvalue weighted by molar-refractivity contribution is -0.139. The molecule has 1 aromatic carbocycles. The van der Waals surface area contributed by atoms with Crippen LogP contribution in [0.3, 0.4) is 0 Å². The molecule has 1 saturated heterocycles. The Morgan fingerprint density at radius 2 is 2.16 bits per heavy atom. The van der Waals surface area contributed by atoms with Gasteiger partial charge in [-0.2, -0.15) is 4.98 Å². The summed E-state index contributed by atoms with van der Waals surface area (Å²) in [5, 5.41) is 3.98. The van der Waals surface area contributed by atoms with E-state index in [1.165, 1.54) is 5.56 Å². The van der Waals surface area contributed by atoms with Crippen molar-refractivity contribution in [2.45, 2.75) is 58.6 Å². The molecule has 134 valence electrons. The quantitative estimate of drug-likeness (QED) is 0.829. The van der Waals surface area contributed by atoms with Gasteiger partial charge in [0.15, 0.2) is 11.9 Å². The number of aryl methyl sites for hydroxylation is 1. The van der Waals surface area contributed by atoms with Gasteiger partial charge in [0.1, 0.15) is 5.75 Å². The molecule has 2 atom stereocenters. The van der Waals surface area contributed by atoms with Crippen molar-refractivity contribution in [2.75, 3.05) is 6.54 Å². The van der Waals surface area contributed by atoms with Crippen LogP contribution < -0.4 is 4.74 Å². The smallest absolute Gasteiger partial charge is 0.263 e. The van der Waals surface area contributed by atoms with Crippen LogP contribution in [0.2, 0.25) is 0 Å². The number of likely N-dealkylation sites (tertiary alicyclic amines) is 1. The normalized spacial score (nSPS) is 18.6. The number of nitrogens with zero attached hydrogens (tertiary/aromatic N) is 3.